The molecule has 2 aromatic rings. The largest absolute Gasteiger partial charge is 0.494 e. The second-order valence-corrected chi connectivity index (χ2v) is 6.19. The molecule has 128 valence electrons. The number of thiocarbonyl (C=S) groups is 1. The van der Waals surface area contributed by atoms with Gasteiger partial charge in [-0.05, 0) is 63.1 Å². The zero-order valence-electron chi connectivity index (χ0n) is 14.5. The van der Waals surface area contributed by atoms with E-state index < -0.39 is 0 Å². The van der Waals surface area contributed by atoms with Gasteiger partial charge in [-0.15, -0.1) is 0 Å². The first-order chi connectivity index (χ1) is 11.6. The molecule has 0 radical (unpaired) electrons. The van der Waals surface area contributed by atoms with Gasteiger partial charge >= 0.3 is 0 Å². The second kappa shape index (κ2) is 9.25. The van der Waals surface area contributed by atoms with Crippen molar-refractivity contribution in [2.75, 3.05) is 32.6 Å². The van der Waals surface area contributed by atoms with Gasteiger partial charge in [0.2, 0.25) is 0 Å². The summed E-state index contributed by atoms with van der Waals surface area (Å²) in [7, 11) is 4.11. The number of nitrogens with zero attached hydrogens (tertiary/aromatic N) is 1. The van der Waals surface area contributed by atoms with Gasteiger partial charge in [-0.1, -0.05) is 30.3 Å². The molecule has 0 amide bonds. The van der Waals surface area contributed by atoms with Crippen molar-refractivity contribution in [2.24, 2.45) is 0 Å². The molecule has 0 saturated carbocycles. The molecule has 4 nitrogen and oxygen atoms in total. The van der Waals surface area contributed by atoms with Gasteiger partial charge in [0.05, 0.1) is 12.6 Å². The van der Waals surface area contributed by atoms with Gasteiger partial charge in [-0.2, -0.15) is 0 Å². The van der Waals surface area contributed by atoms with Crippen LogP contribution in [0.3, 0.4) is 0 Å². The van der Waals surface area contributed by atoms with Gasteiger partial charge in [0.1, 0.15) is 5.75 Å². The smallest absolute Gasteiger partial charge is 0.171 e. The molecule has 2 N–H and O–H groups in total. The lowest BCUT2D eigenvalue weighted by Crippen LogP contribution is -2.37. The van der Waals surface area contributed by atoms with E-state index in [1.807, 2.05) is 49.4 Å². The van der Waals surface area contributed by atoms with Crippen molar-refractivity contribution in [3.63, 3.8) is 0 Å². The van der Waals surface area contributed by atoms with Crippen molar-refractivity contribution in [1.29, 1.82) is 0 Å². The number of rotatable bonds is 7. The summed E-state index contributed by atoms with van der Waals surface area (Å²) in [5.41, 5.74) is 2.15. The van der Waals surface area contributed by atoms with Crippen LogP contribution in [-0.4, -0.2) is 37.3 Å². The highest BCUT2D eigenvalue weighted by Gasteiger charge is 2.13. The zero-order valence-corrected chi connectivity index (χ0v) is 15.3. The Morgan fingerprint density at radius 3 is 2.33 bits per heavy atom. The van der Waals surface area contributed by atoms with Crippen molar-refractivity contribution >= 4 is 23.0 Å². The van der Waals surface area contributed by atoms with E-state index in [2.05, 4.69) is 41.8 Å². The molecule has 0 heterocycles. The molecule has 0 aliphatic rings. The predicted octanol–water partition coefficient (Wildman–Crippen LogP) is 3.67. The Hall–Kier alpha value is -2.11. The fourth-order valence-corrected chi connectivity index (χ4v) is 2.67. The Labute approximate surface area is 149 Å². The molecule has 0 aliphatic heterocycles. The van der Waals surface area contributed by atoms with Crippen LogP contribution < -0.4 is 15.4 Å². The normalized spacial score (nSPS) is 11.8. The highest BCUT2D eigenvalue weighted by Crippen LogP contribution is 2.17. The maximum atomic E-state index is 5.48. The average Bonchev–Trinajstić information content (AvgIpc) is 2.57. The summed E-state index contributed by atoms with van der Waals surface area (Å²) in [4.78, 5) is 2.14. The number of hydrogen-bond acceptors (Lipinski definition) is 3. The third-order valence-corrected chi connectivity index (χ3v) is 3.70. The molecule has 5 heteroatoms. The predicted molar refractivity (Wildman–Crippen MR) is 105 cm³/mol. The van der Waals surface area contributed by atoms with Crippen molar-refractivity contribution in [3.05, 3.63) is 60.2 Å². The van der Waals surface area contributed by atoms with E-state index >= 15 is 0 Å². The van der Waals surface area contributed by atoms with Crippen molar-refractivity contribution in [3.8, 4) is 5.75 Å². The van der Waals surface area contributed by atoms with Crippen molar-refractivity contribution in [1.82, 2.24) is 10.2 Å². The molecular weight excluding hydrogens is 318 g/mol. The summed E-state index contributed by atoms with van der Waals surface area (Å²) in [6, 6.07) is 18.2. The Kier molecular flexibility index (Phi) is 7.03. The van der Waals surface area contributed by atoms with Crippen molar-refractivity contribution < 1.29 is 4.74 Å². The van der Waals surface area contributed by atoms with E-state index in [1.54, 1.807) is 0 Å². The zero-order chi connectivity index (χ0) is 17.4. The maximum Gasteiger partial charge on any atom is 0.171 e. The minimum absolute atomic E-state index is 0.129. The van der Waals surface area contributed by atoms with Crippen LogP contribution in [0.25, 0.3) is 0 Å². The summed E-state index contributed by atoms with van der Waals surface area (Å²) < 4.78 is 5.45. The van der Waals surface area contributed by atoms with Crippen LogP contribution in [0.1, 0.15) is 18.5 Å². The lowest BCUT2D eigenvalue weighted by Gasteiger charge is -2.24. The number of ether oxygens (including phenoxy) is 1. The quantitative estimate of drug-likeness (QED) is 0.750. The van der Waals surface area contributed by atoms with E-state index in [4.69, 9.17) is 17.0 Å². The fraction of sp³-hybridized carbons (Fsp3) is 0.316. The first-order valence-corrected chi connectivity index (χ1v) is 8.49. The minimum Gasteiger partial charge on any atom is -0.494 e. The van der Waals surface area contributed by atoms with Crippen LogP contribution in [0, 0.1) is 0 Å². The van der Waals surface area contributed by atoms with Crippen LogP contribution in [0.15, 0.2) is 54.6 Å². The van der Waals surface area contributed by atoms with E-state index in [9.17, 15) is 0 Å². The summed E-state index contributed by atoms with van der Waals surface area (Å²) >= 11 is 5.48. The number of anilines is 1. The van der Waals surface area contributed by atoms with Crippen LogP contribution in [0.2, 0.25) is 0 Å². The lowest BCUT2D eigenvalue weighted by atomic mass is 10.1. The van der Waals surface area contributed by atoms with Crippen LogP contribution in [-0.2, 0) is 0 Å². The first-order valence-electron chi connectivity index (χ1n) is 8.08. The Bertz CT molecular complexity index is 629. The van der Waals surface area contributed by atoms with Crippen LogP contribution in [0.5, 0.6) is 5.75 Å². The lowest BCUT2D eigenvalue weighted by molar-refractivity contribution is 0.340. The highest BCUT2D eigenvalue weighted by atomic mass is 32.1. The molecule has 0 fully saturated rings. The summed E-state index contributed by atoms with van der Waals surface area (Å²) in [6.07, 6.45) is 0. The van der Waals surface area contributed by atoms with Crippen molar-refractivity contribution in [2.45, 2.75) is 13.0 Å². The van der Waals surface area contributed by atoms with Gasteiger partial charge in [0.15, 0.2) is 5.11 Å². The Balaban J connectivity index is 1.99. The maximum absolute atomic E-state index is 5.48. The molecule has 0 bridgehead atoms. The number of nitrogens with one attached hydrogen (secondary N) is 2. The first kappa shape index (κ1) is 18.2. The third kappa shape index (κ3) is 5.83. The molecule has 0 aromatic heterocycles. The van der Waals surface area contributed by atoms with Gasteiger partial charge in [0.25, 0.3) is 0 Å². The van der Waals surface area contributed by atoms with Gasteiger partial charge in [-0.25, -0.2) is 0 Å². The molecular formula is C19H25N3OS. The van der Waals surface area contributed by atoms with Gasteiger partial charge in [-0.3, -0.25) is 0 Å². The molecule has 1 atom stereocenters. The molecule has 0 saturated heterocycles. The summed E-state index contributed by atoms with van der Waals surface area (Å²) in [5.74, 6) is 0.858. The molecule has 0 spiro atoms. The topological polar surface area (TPSA) is 36.5 Å². The highest BCUT2D eigenvalue weighted by molar-refractivity contribution is 7.80. The van der Waals surface area contributed by atoms with E-state index in [-0.39, 0.29) is 6.04 Å². The summed E-state index contributed by atoms with van der Waals surface area (Å²) in [6.45, 7) is 3.49. The number of likely N-dealkylation sites (N-methyl/N-ethyl adjacent to an activating group) is 1. The van der Waals surface area contributed by atoms with E-state index in [0.717, 1.165) is 18.0 Å². The van der Waals surface area contributed by atoms with Gasteiger partial charge in [0, 0.05) is 12.2 Å². The van der Waals surface area contributed by atoms with E-state index in [0.29, 0.717) is 11.7 Å². The molecule has 2 aromatic carbocycles. The summed E-state index contributed by atoms with van der Waals surface area (Å²) in [5, 5.41) is 7.24. The third-order valence-electron chi connectivity index (χ3n) is 3.48. The number of benzene rings is 2. The number of hydrogen-bond donors (Lipinski definition) is 2. The second-order valence-electron chi connectivity index (χ2n) is 5.78. The van der Waals surface area contributed by atoms with Crippen LogP contribution in [0.4, 0.5) is 5.69 Å². The van der Waals surface area contributed by atoms with E-state index in [1.165, 1.54) is 5.56 Å². The molecule has 0 unspecified atom stereocenters. The molecule has 0 aliphatic carbocycles. The molecule has 2 rings (SSSR count). The average molecular weight is 343 g/mol. The monoisotopic (exact) mass is 343 g/mol. The SMILES string of the molecule is CCOc1ccc(NC(=S)N[C@H](CN(C)C)c2ccccc2)cc1. The standard InChI is InChI=1S/C19H25N3OS/c1-4-23-17-12-10-16(11-13-17)20-19(24)21-18(14-22(2)3)15-8-6-5-7-9-15/h5-13,18H,4,14H2,1-3H3,(H2,20,21,24)/t18-/m1/s1. The Morgan fingerprint density at radius 2 is 1.75 bits per heavy atom. The molecule has 24 heavy (non-hydrogen) atoms. The fourth-order valence-electron chi connectivity index (χ4n) is 2.41. The minimum atomic E-state index is 0.129. The van der Waals surface area contributed by atoms with Crippen LogP contribution >= 0.6 is 12.2 Å². The Morgan fingerprint density at radius 1 is 1.08 bits per heavy atom. The van der Waals surface area contributed by atoms with Gasteiger partial charge < -0.3 is 20.3 Å².